The van der Waals surface area contributed by atoms with Crippen LogP contribution in [0.4, 0.5) is 0 Å². The van der Waals surface area contributed by atoms with Crippen LogP contribution >= 0.6 is 0 Å². The minimum absolute atomic E-state index is 0.0994. The van der Waals surface area contributed by atoms with Gasteiger partial charge in [0.2, 0.25) is 6.23 Å². The third-order valence-electron chi connectivity index (χ3n) is 3.50. The zero-order valence-electron chi connectivity index (χ0n) is 12.4. The number of carbonyl (C=O) groups is 1. The first-order chi connectivity index (χ1) is 10.7. The highest BCUT2D eigenvalue weighted by Crippen LogP contribution is 2.33. The number of hydrogen-bond acceptors (Lipinski definition) is 2. The monoisotopic (exact) mass is 291 g/mol. The van der Waals surface area contributed by atoms with Crippen molar-refractivity contribution >= 4 is 12.0 Å². The zero-order valence-corrected chi connectivity index (χ0v) is 12.4. The van der Waals surface area contributed by atoms with Crippen LogP contribution in [0.25, 0.3) is 6.08 Å². The lowest BCUT2D eigenvalue weighted by atomic mass is 10.0. The lowest BCUT2D eigenvalue weighted by Crippen LogP contribution is -2.33. The Hall–Kier alpha value is -2.81. The maximum Gasteiger partial charge on any atom is 0.261 e. The Labute approximate surface area is 130 Å². The molecule has 22 heavy (non-hydrogen) atoms. The maximum atomic E-state index is 12.8. The van der Waals surface area contributed by atoms with E-state index in [1.165, 1.54) is 0 Å². The quantitative estimate of drug-likeness (QED) is 0.786. The SMILES string of the molecule is C=C(C)OC1c2ccccc2C=CN1C(=O)c1ccccc1. The Bertz CT molecular complexity index is 734. The number of nitrogens with zero attached hydrogens (tertiary/aromatic N) is 1. The Morgan fingerprint density at radius 1 is 1.09 bits per heavy atom. The molecule has 0 fully saturated rings. The molecule has 0 spiro atoms. The Morgan fingerprint density at radius 3 is 2.50 bits per heavy atom. The maximum absolute atomic E-state index is 12.8. The van der Waals surface area contributed by atoms with Gasteiger partial charge in [0, 0.05) is 17.3 Å². The summed E-state index contributed by atoms with van der Waals surface area (Å²) in [5, 5.41) is 0. The third-order valence-corrected chi connectivity index (χ3v) is 3.50. The van der Waals surface area contributed by atoms with Crippen molar-refractivity contribution in [3.05, 3.63) is 89.8 Å². The van der Waals surface area contributed by atoms with Crippen molar-refractivity contribution in [2.24, 2.45) is 0 Å². The number of carbonyl (C=O) groups excluding carboxylic acids is 1. The van der Waals surface area contributed by atoms with Crippen molar-refractivity contribution < 1.29 is 9.53 Å². The van der Waals surface area contributed by atoms with E-state index in [-0.39, 0.29) is 5.91 Å². The number of fused-ring (bicyclic) bond motifs is 1. The summed E-state index contributed by atoms with van der Waals surface area (Å²) in [5.41, 5.74) is 2.63. The molecule has 0 bridgehead atoms. The lowest BCUT2D eigenvalue weighted by Gasteiger charge is -2.33. The van der Waals surface area contributed by atoms with Crippen LogP contribution in [0.2, 0.25) is 0 Å². The van der Waals surface area contributed by atoms with Crippen LogP contribution in [0.5, 0.6) is 0 Å². The van der Waals surface area contributed by atoms with E-state index in [1.54, 1.807) is 30.2 Å². The molecule has 0 saturated heterocycles. The Balaban J connectivity index is 2.00. The Kier molecular flexibility index (Phi) is 3.79. The minimum atomic E-state index is -0.494. The van der Waals surface area contributed by atoms with E-state index in [4.69, 9.17) is 4.74 Å². The van der Waals surface area contributed by atoms with E-state index < -0.39 is 6.23 Å². The van der Waals surface area contributed by atoms with Crippen LogP contribution in [0.15, 0.2) is 73.1 Å². The molecule has 0 aliphatic carbocycles. The summed E-state index contributed by atoms with van der Waals surface area (Å²) in [5.74, 6) is 0.471. The van der Waals surface area contributed by atoms with E-state index in [1.807, 2.05) is 48.5 Å². The van der Waals surface area contributed by atoms with E-state index in [0.717, 1.165) is 11.1 Å². The van der Waals surface area contributed by atoms with Crippen molar-refractivity contribution in [1.82, 2.24) is 4.90 Å². The van der Waals surface area contributed by atoms with Crippen LogP contribution in [-0.4, -0.2) is 10.8 Å². The van der Waals surface area contributed by atoms with Crippen LogP contribution < -0.4 is 0 Å². The van der Waals surface area contributed by atoms with Gasteiger partial charge in [-0.15, -0.1) is 0 Å². The fourth-order valence-electron chi connectivity index (χ4n) is 2.49. The third kappa shape index (κ3) is 2.66. The highest BCUT2D eigenvalue weighted by molar-refractivity contribution is 5.95. The van der Waals surface area contributed by atoms with Gasteiger partial charge in [-0.25, -0.2) is 0 Å². The average Bonchev–Trinajstić information content (AvgIpc) is 2.55. The first-order valence-corrected chi connectivity index (χ1v) is 7.14. The largest absolute Gasteiger partial charge is 0.471 e. The molecule has 1 unspecified atom stereocenters. The fraction of sp³-hybridized carbons (Fsp3) is 0.105. The molecular weight excluding hydrogens is 274 g/mol. The van der Waals surface area contributed by atoms with E-state index in [2.05, 4.69) is 6.58 Å². The molecule has 3 nitrogen and oxygen atoms in total. The number of allylic oxidation sites excluding steroid dienone is 1. The predicted molar refractivity (Wildman–Crippen MR) is 86.7 cm³/mol. The van der Waals surface area contributed by atoms with Crippen molar-refractivity contribution in [3.8, 4) is 0 Å². The molecule has 0 N–H and O–H groups in total. The van der Waals surface area contributed by atoms with E-state index in [0.29, 0.717) is 11.3 Å². The summed E-state index contributed by atoms with van der Waals surface area (Å²) in [6, 6.07) is 17.1. The summed E-state index contributed by atoms with van der Waals surface area (Å²) in [4.78, 5) is 14.4. The zero-order chi connectivity index (χ0) is 15.5. The molecule has 1 amide bonds. The molecular formula is C19H17NO2. The molecule has 0 saturated carbocycles. The van der Waals surface area contributed by atoms with Gasteiger partial charge < -0.3 is 4.74 Å². The van der Waals surface area contributed by atoms with Gasteiger partial charge in [0.25, 0.3) is 5.91 Å². The van der Waals surface area contributed by atoms with Crippen molar-refractivity contribution in [1.29, 1.82) is 0 Å². The molecule has 2 aromatic carbocycles. The number of rotatable bonds is 3. The normalized spacial score (nSPS) is 16.0. The van der Waals surface area contributed by atoms with Gasteiger partial charge in [0.15, 0.2) is 0 Å². The molecule has 2 aromatic rings. The standard InChI is InChI=1S/C19H17NO2/c1-14(2)22-19-17-11-7-6-8-15(17)12-13-20(19)18(21)16-9-4-3-5-10-16/h3-13,19H,1H2,2H3. The minimum Gasteiger partial charge on any atom is -0.471 e. The molecule has 0 aromatic heterocycles. The lowest BCUT2D eigenvalue weighted by molar-refractivity contribution is 0.00646. The predicted octanol–water partition coefficient (Wildman–Crippen LogP) is 4.36. The second-order valence-corrected chi connectivity index (χ2v) is 5.20. The molecule has 1 aliphatic rings. The van der Waals surface area contributed by atoms with E-state index in [9.17, 15) is 4.79 Å². The second kappa shape index (κ2) is 5.90. The summed E-state index contributed by atoms with van der Waals surface area (Å²) in [7, 11) is 0. The van der Waals surface area contributed by atoms with Crippen LogP contribution in [0.1, 0.15) is 34.6 Å². The Morgan fingerprint density at radius 2 is 1.77 bits per heavy atom. The van der Waals surface area contributed by atoms with Gasteiger partial charge in [0.05, 0.1) is 5.76 Å². The summed E-state index contributed by atoms with van der Waals surface area (Å²) in [6.07, 6.45) is 3.20. The fourth-order valence-corrected chi connectivity index (χ4v) is 2.49. The molecule has 1 heterocycles. The molecule has 1 aliphatic heterocycles. The van der Waals surface area contributed by atoms with Gasteiger partial charge in [-0.3, -0.25) is 9.69 Å². The topological polar surface area (TPSA) is 29.5 Å². The van der Waals surface area contributed by atoms with E-state index >= 15 is 0 Å². The van der Waals surface area contributed by atoms with Crippen LogP contribution in [0, 0.1) is 0 Å². The summed E-state index contributed by atoms with van der Waals surface area (Å²) in [6.45, 7) is 5.59. The smallest absolute Gasteiger partial charge is 0.261 e. The van der Waals surface area contributed by atoms with Crippen molar-refractivity contribution in [3.63, 3.8) is 0 Å². The van der Waals surface area contributed by atoms with Gasteiger partial charge in [-0.1, -0.05) is 49.0 Å². The number of amides is 1. The summed E-state index contributed by atoms with van der Waals surface area (Å²) >= 11 is 0. The molecule has 3 rings (SSSR count). The van der Waals surface area contributed by atoms with Gasteiger partial charge >= 0.3 is 0 Å². The highest BCUT2D eigenvalue weighted by Gasteiger charge is 2.29. The summed E-state index contributed by atoms with van der Waals surface area (Å²) < 4.78 is 5.83. The highest BCUT2D eigenvalue weighted by atomic mass is 16.5. The molecule has 3 heteroatoms. The van der Waals surface area contributed by atoms with Crippen LogP contribution in [0.3, 0.4) is 0 Å². The van der Waals surface area contributed by atoms with Gasteiger partial charge in [-0.2, -0.15) is 0 Å². The molecule has 0 radical (unpaired) electrons. The molecule has 110 valence electrons. The van der Waals surface area contributed by atoms with Crippen LogP contribution in [-0.2, 0) is 4.74 Å². The van der Waals surface area contributed by atoms with Crippen molar-refractivity contribution in [2.45, 2.75) is 13.2 Å². The first kappa shape index (κ1) is 14.1. The number of ether oxygens (including phenoxy) is 1. The van der Waals surface area contributed by atoms with Gasteiger partial charge in [-0.05, 0) is 30.7 Å². The molecule has 1 atom stereocenters. The van der Waals surface area contributed by atoms with Gasteiger partial charge in [0.1, 0.15) is 0 Å². The number of benzene rings is 2. The second-order valence-electron chi connectivity index (χ2n) is 5.20. The average molecular weight is 291 g/mol. The number of hydrogen-bond donors (Lipinski definition) is 0. The van der Waals surface area contributed by atoms with Crippen molar-refractivity contribution in [2.75, 3.05) is 0 Å². The first-order valence-electron chi connectivity index (χ1n) is 7.14.